The third-order valence-electron chi connectivity index (χ3n) is 6.51. The molecule has 9 heteroatoms. The third kappa shape index (κ3) is 3.99. The first-order valence-corrected chi connectivity index (χ1v) is 12.0. The molecule has 7 nitrogen and oxygen atoms in total. The molecule has 2 aliphatic rings. The molecule has 3 atom stereocenters. The van der Waals surface area contributed by atoms with Crippen LogP contribution < -0.4 is 29.7 Å². The van der Waals surface area contributed by atoms with E-state index in [2.05, 4.69) is 10.6 Å². The number of hydrogen-bond acceptors (Lipinski definition) is 5. The lowest BCUT2D eigenvalue weighted by atomic mass is 9.78. The van der Waals surface area contributed by atoms with E-state index >= 15 is 0 Å². The van der Waals surface area contributed by atoms with Gasteiger partial charge in [0.15, 0.2) is 22.3 Å². The largest absolute Gasteiger partial charge is 0.497 e. The van der Waals surface area contributed by atoms with Crippen LogP contribution in [0, 0.1) is 11.7 Å². The van der Waals surface area contributed by atoms with Gasteiger partial charge in [0.05, 0.1) is 19.8 Å². The summed E-state index contributed by atoms with van der Waals surface area (Å²) in [6.45, 7) is 4.17. The molecule has 0 saturated carbocycles. The van der Waals surface area contributed by atoms with Crippen molar-refractivity contribution < 1.29 is 23.4 Å². The van der Waals surface area contributed by atoms with Crippen LogP contribution in [0.25, 0.3) is 0 Å². The molecule has 0 radical (unpaired) electrons. The van der Waals surface area contributed by atoms with Gasteiger partial charge in [0.2, 0.25) is 5.91 Å². The number of benzene rings is 3. The van der Waals surface area contributed by atoms with Crippen molar-refractivity contribution in [1.82, 2.24) is 5.32 Å². The molecule has 2 aliphatic heterocycles. The van der Waals surface area contributed by atoms with E-state index in [4.69, 9.17) is 26.4 Å². The highest BCUT2D eigenvalue weighted by Crippen LogP contribution is 2.52. The second-order valence-corrected chi connectivity index (χ2v) is 9.09. The molecule has 2 heterocycles. The Balaban J connectivity index is 1.61. The van der Waals surface area contributed by atoms with Crippen molar-refractivity contribution in [2.75, 3.05) is 23.9 Å². The Morgan fingerprint density at radius 2 is 1.89 bits per heavy atom. The van der Waals surface area contributed by atoms with Gasteiger partial charge in [-0.25, -0.2) is 4.39 Å². The van der Waals surface area contributed by atoms with Gasteiger partial charge in [0.1, 0.15) is 17.5 Å². The Kier molecular flexibility index (Phi) is 6.17. The summed E-state index contributed by atoms with van der Waals surface area (Å²) < 4.78 is 31.5. The van der Waals surface area contributed by atoms with Gasteiger partial charge in [-0.15, -0.1) is 0 Å². The molecule has 0 unspecified atom stereocenters. The topological polar surface area (TPSA) is 72.1 Å². The Labute approximate surface area is 214 Å². The number of rotatable bonds is 6. The van der Waals surface area contributed by atoms with E-state index in [0.29, 0.717) is 40.3 Å². The van der Waals surface area contributed by atoms with Crippen LogP contribution in [0.3, 0.4) is 0 Å². The van der Waals surface area contributed by atoms with E-state index in [1.54, 1.807) is 48.4 Å². The second kappa shape index (κ2) is 9.31. The van der Waals surface area contributed by atoms with Gasteiger partial charge in [0.25, 0.3) is 0 Å². The summed E-state index contributed by atoms with van der Waals surface area (Å²) in [6, 6.07) is 18.1. The van der Waals surface area contributed by atoms with Crippen LogP contribution in [-0.2, 0) is 4.79 Å². The number of carbonyl (C=O) groups excluding carboxylic acids is 1. The van der Waals surface area contributed by atoms with Gasteiger partial charge >= 0.3 is 0 Å². The SMILES string of the molecule is CCOc1cccc2c1O[C@@]1(C)[C@H](C(=O)Nc3ccc(OC)cc3)[C@H]2NC(=S)N1c1ccc(F)cc1. The van der Waals surface area contributed by atoms with Gasteiger partial charge in [-0.2, -0.15) is 0 Å². The van der Waals surface area contributed by atoms with Gasteiger partial charge in [-0.1, -0.05) is 12.1 Å². The maximum atomic E-state index is 13.9. The van der Waals surface area contributed by atoms with E-state index in [0.717, 1.165) is 5.56 Å². The minimum Gasteiger partial charge on any atom is -0.497 e. The monoisotopic (exact) mass is 507 g/mol. The number of methoxy groups -OCH3 is 1. The molecule has 5 rings (SSSR count). The van der Waals surface area contributed by atoms with E-state index in [9.17, 15) is 9.18 Å². The van der Waals surface area contributed by atoms with Crippen LogP contribution in [0.2, 0.25) is 0 Å². The molecule has 0 aromatic heterocycles. The zero-order valence-electron chi connectivity index (χ0n) is 20.1. The summed E-state index contributed by atoms with van der Waals surface area (Å²) in [6.07, 6.45) is 0. The van der Waals surface area contributed by atoms with Crippen molar-refractivity contribution in [3.05, 3.63) is 78.1 Å². The predicted molar refractivity (Wildman–Crippen MR) is 139 cm³/mol. The second-order valence-electron chi connectivity index (χ2n) is 8.70. The molecule has 0 aliphatic carbocycles. The zero-order valence-corrected chi connectivity index (χ0v) is 20.9. The van der Waals surface area contributed by atoms with E-state index in [-0.39, 0.29) is 11.7 Å². The highest BCUT2D eigenvalue weighted by Gasteiger charge is 2.59. The van der Waals surface area contributed by atoms with Gasteiger partial charge in [0, 0.05) is 16.9 Å². The van der Waals surface area contributed by atoms with E-state index < -0.39 is 17.7 Å². The van der Waals surface area contributed by atoms with Crippen LogP contribution in [0.1, 0.15) is 25.5 Å². The molecule has 36 heavy (non-hydrogen) atoms. The van der Waals surface area contributed by atoms with Gasteiger partial charge in [-0.3, -0.25) is 9.69 Å². The van der Waals surface area contributed by atoms with Crippen LogP contribution in [0.5, 0.6) is 17.2 Å². The van der Waals surface area contributed by atoms with Crippen molar-refractivity contribution in [3.8, 4) is 17.2 Å². The molecular formula is C27H26FN3O4S. The molecule has 2 N–H and O–H groups in total. The van der Waals surface area contributed by atoms with Crippen LogP contribution >= 0.6 is 12.2 Å². The number of amides is 1. The quantitative estimate of drug-likeness (QED) is 0.454. The molecule has 1 saturated heterocycles. The summed E-state index contributed by atoms with van der Waals surface area (Å²) in [7, 11) is 1.58. The number of anilines is 2. The molecule has 2 bridgehead atoms. The first kappa shape index (κ1) is 23.9. The summed E-state index contributed by atoms with van der Waals surface area (Å²) in [5.41, 5.74) is 0.734. The summed E-state index contributed by atoms with van der Waals surface area (Å²) in [5.74, 6) is 0.434. The number of hydrogen-bond donors (Lipinski definition) is 2. The molecule has 3 aromatic rings. The van der Waals surface area contributed by atoms with Crippen molar-refractivity contribution in [3.63, 3.8) is 0 Å². The molecular weight excluding hydrogens is 481 g/mol. The molecule has 1 fully saturated rings. The Hall–Kier alpha value is -3.85. The number of carbonyl (C=O) groups is 1. The van der Waals surface area contributed by atoms with E-state index in [1.165, 1.54) is 12.1 Å². The van der Waals surface area contributed by atoms with Crippen LogP contribution in [0.4, 0.5) is 15.8 Å². The molecule has 186 valence electrons. The smallest absolute Gasteiger partial charge is 0.236 e. The number of para-hydroxylation sites is 1. The number of fused-ring (bicyclic) bond motifs is 4. The molecule has 3 aromatic carbocycles. The lowest BCUT2D eigenvalue weighted by molar-refractivity contribution is -0.130. The van der Waals surface area contributed by atoms with Crippen LogP contribution in [0.15, 0.2) is 66.7 Å². The summed E-state index contributed by atoms with van der Waals surface area (Å²) in [4.78, 5) is 15.6. The fourth-order valence-electron chi connectivity index (χ4n) is 4.91. The summed E-state index contributed by atoms with van der Waals surface area (Å²) >= 11 is 5.74. The molecule has 0 spiro atoms. The first-order valence-electron chi connectivity index (χ1n) is 11.6. The van der Waals surface area contributed by atoms with Gasteiger partial charge < -0.3 is 24.8 Å². The first-order chi connectivity index (χ1) is 17.4. The van der Waals surface area contributed by atoms with Crippen molar-refractivity contribution in [2.24, 2.45) is 5.92 Å². The van der Waals surface area contributed by atoms with Crippen molar-refractivity contribution in [1.29, 1.82) is 0 Å². The fraction of sp³-hybridized carbons (Fsp3) is 0.259. The maximum Gasteiger partial charge on any atom is 0.236 e. The third-order valence-corrected chi connectivity index (χ3v) is 6.81. The average molecular weight is 508 g/mol. The molecule has 1 amide bonds. The number of thiocarbonyl (C=S) groups is 1. The van der Waals surface area contributed by atoms with Crippen LogP contribution in [-0.4, -0.2) is 30.5 Å². The Morgan fingerprint density at radius 1 is 1.17 bits per heavy atom. The summed E-state index contributed by atoms with van der Waals surface area (Å²) in [5, 5.41) is 6.72. The average Bonchev–Trinajstić information content (AvgIpc) is 2.86. The predicted octanol–water partition coefficient (Wildman–Crippen LogP) is 5.03. The standard InChI is InChI=1S/C27H26FN3O4S/c1-4-34-21-7-5-6-20-23-22(25(32)29-17-10-14-19(33-3)15-11-17)27(2,35-24(20)21)31(26(36)30-23)18-12-8-16(28)9-13-18/h5-15,22-23H,4H2,1-3H3,(H,29,32)(H,30,36)/t22-,23-,27-/m0/s1. The highest BCUT2D eigenvalue weighted by atomic mass is 32.1. The lowest BCUT2D eigenvalue weighted by Gasteiger charge is -2.56. The number of nitrogens with one attached hydrogen (secondary N) is 2. The zero-order chi connectivity index (χ0) is 25.4. The van der Waals surface area contributed by atoms with Gasteiger partial charge in [-0.05, 0) is 80.7 Å². The van der Waals surface area contributed by atoms with Crippen molar-refractivity contribution >= 4 is 34.6 Å². The van der Waals surface area contributed by atoms with Crippen molar-refractivity contribution in [2.45, 2.75) is 25.6 Å². The number of halogens is 1. The maximum absolute atomic E-state index is 13.9. The normalized spacial score (nSPS) is 22.1. The number of nitrogens with zero attached hydrogens (tertiary/aromatic N) is 1. The minimum absolute atomic E-state index is 0.262. The van der Waals surface area contributed by atoms with E-state index in [1.807, 2.05) is 32.0 Å². The minimum atomic E-state index is -1.25. The lowest BCUT2D eigenvalue weighted by Crippen LogP contribution is -2.72. The highest BCUT2D eigenvalue weighted by molar-refractivity contribution is 7.80. The fourth-order valence-corrected chi connectivity index (χ4v) is 5.33. The number of ether oxygens (including phenoxy) is 3. The Bertz CT molecular complexity index is 1300. The Morgan fingerprint density at radius 3 is 2.56 bits per heavy atom.